The van der Waals surface area contributed by atoms with Crippen LogP contribution in [0.25, 0.3) is 11.0 Å². The van der Waals surface area contributed by atoms with Crippen molar-refractivity contribution in [3.63, 3.8) is 0 Å². The summed E-state index contributed by atoms with van der Waals surface area (Å²) in [6.45, 7) is 12.2. The predicted octanol–water partition coefficient (Wildman–Crippen LogP) is 4.21. The van der Waals surface area contributed by atoms with Crippen LogP contribution in [0.2, 0.25) is 0 Å². The van der Waals surface area contributed by atoms with Crippen molar-refractivity contribution < 1.29 is 9.59 Å². The van der Waals surface area contributed by atoms with E-state index in [0.717, 1.165) is 41.5 Å². The van der Waals surface area contributed by atoms with Gasteiger partial charge in [-0.2, -0.15) is 5.10 Å². The average molecular weight is 492 g/mol. The Bertz CT molecular complexity index is 1250. The van der Waals surface area contributed by atoms with E-state index in [-0.39, 0.29) is 18.0 Å². The molecule has 1 fully saturated rings. The Hall–Kier alpha value is -3.62. The normalized spacial score (nSPS) is 15.2. The first-order valence-electron chi connectivity index (χ1n) is 12.8. The molecule has 1 saturated heterocycles. The number of urea groups is 1. The maximum absolute atomic E-state index is 13.7. The molecule has 36 heavy (non-hydrogen) atoms. The number of hydrogen-bond acceptors (Lipinski definition) is 5. The van der Waals surface area contributed by atoms with Crippen molar-refractivity contribution in [3.05, 3.63) is 52.3 Å². The maximum atomic E-state index is 13.7. The number of likely N-dealkylation sites (tertiary alicyclic amines) is 1. The summed E-state index contributed by atoms with van der Waals surface area (Å²) in [4.78, 5) is 31.5. The van der Waals surface area contributed by atoms with Crippen molar-refractivity contribution >= 4 is 28.7 Å². The van der Waals surface area contributed by atoms with Gasteiger partial charge in [-0.15, -0.1) is 0 Å². The predicted molar refractivity (Wildman–Crippen MR) is 142 cm³/mol. The van der Waals surface area contributed by atoms with Crippen LogP contribution in [0.15, 0.2) is 24.5 Å². The molecule has 1 aliphatic rings. The second-order valence-corrected chi connectivity index (χ2v) is 9.74. The maximum Gasteiger partial charge on any atom is 0.314 e. The van der Waals surface area contributed by atoms with Crippen LogP contribution in [0.5, 0.6) is 0 Å². The van der Waals surface area contributed by atoms with Crippen LogP contribution in [0.3, 0.4) is 0 Å². The molecule has 9 heteroatoms. The Balaban J connectivity index is 1.66. The van der Waals surface area contributed by atoms with Gasteiger partial charge in [-0.05, 0) is 63.6 Å². The van der Waals surface area contributed by atoms with Gasteiger partial charge in [-0.25, -0.2) is 14.5 Å². The van der Waals surface area contributed by atoms with Crippen LogP contribution in [0.4, 0.5) is 10.5 Å². The number of aromatic nitrogens is 3. The molecule has 0 saturated carbocycles. The number of nitrogens with one attached hydrogen (secondary N) is 2. The summed E-state index contributed by atoms with van der Waals surface area (Å²) >= 11 is 0. The van der Waals surface area contributed by atoms with Crippen LogP contribution in [0.1, 0.15) is 71.8 Å². The Morgan fingerprint density at radius 2 is 1.78 bits per heavy atom. The number of pyridine rings is 1. The van der Waals surface area contributed by atoms with Crippen LogP contribution in [-0.4, -0.2) is 50.7 Å². The van der Waals surface area contributed by atoms with Crippen molar-refractivity contribution in [2.75, 3.05) is 18.4 Å². The second-order valence-electron chi connectivity index (χ2n) is 9.74. The third kappa shape index (κ3) is 5.01. The monoisotopic (exact) mass is 491 g/mol. The van der Waals surface area contributed by atoms with E-state index in [0.29, 0.717) is 25.2 Å². The van der Waals surface area contributed by atoms with Crippen LogP contribution < -0.4 is 16.4 Å². The quantitative estimate of drug-likeness (QED) is 0.457. The van der Waals surface area contributed by atoms with E-state index in [1.807, 2.05) is 11.6 Å². The minimum Gasteiger partial charge on any atom is -0.381 e. The molecule has 4 N–H and O–H groups in total. The first-order chi connectivity index (χ1) is 17.2. The highest BCUT2D eigenvalue weighted by Crippen LogP contribution is 2.31. The Morgan fingerprint density at radius 3 is 2.36 bits per heavy atom. The van der Waals surface area contributed by atoms with Crippen molar-refractivity contribution in [2.45, 2.75) is 72.5 Å². The van der Waals surface area contributed by atoms with Gasteiger partial charge >= 0.3 is 6.03 Å². The van der Waals surface area contributed by atoms with Crippen molar-refractivity contribution in [2.24, 2.45) is 5.73 Å². The van der Waals surface area contributed by atoms with Gasteiger partial charge < -0.3 is 21.3 Å². The van der Waals surface area contributed by atoms with Gasteiger partial charge in [0.05, 0.1) is 28.9 Å². The van der Waals surface area contributed by atoms with Gasteiger partial charge in [0.25, 0.3) is 5.91 Å². The fourth-order valence-corrected chi connectivity index (χ4v) is 5.39. The zero-order valence-corrected chi connectivity index (χ0v) is 21.9. The molecule has 3 amide bonds. The molecule has 0 aliphatic carbocycles. The zero-order valence-electron chi connectivity index (χ0n) is 21.9. The van der Waals surface area contributed by atoms with E-state index < -0.39 is 6.03 Å². The van der Waals surface area contributed by atoms with Crippen molar-refractivity contribution in [1.29, 1.82) is 0 Å². The summed E-state index contributed by atoms with van der Waals surface area (Å²) in [7, 11) is 0. The summed E-state index contributed by atoms with van der Waals surface area (Å²) in [5.41, 5.74) is 12.2. The molecule has 3 aromatic rings. The van der Waals surface area contributed by atoms with E-state index in [9.17, 15) is 9.59 Å². The highest BCUT2D eigenvalue weighted by molar-refractivity contribution is 6.06. The summed E-state index contributed by atoms with van der Waals surface area (Å²) in [5.74, 6) is -0.169. The molecule has 0 spiro atoms. The van der Waals surface area contributed by atoms with Gasteiger partial charge in [-0.3, -0.25) is 4.79 Å². The van der Waals surface area contributed by atoms with E-state index in [2.05, 4.69) is 60.5 Å². The number of aryl methyl sites for hydroxylation is 4. The molecular formula is C27H37N7O2. The SMILES string of the molecule is CC[C@@H](NC(=O)c1cnc2c(cnn2CC)c1NC1CCN(C(N)=O)CC1)c1c(C)cc(C)cc1C. The highest BCUT2D eigenvalue weighted by atomic mass is 16.2. The molecule has 2 aromatic heterocycles. The molecule has 1 aromatic carbocycles. The molecule has 3 heterocycles. The standard InChI is InChI=1S/C27H37N7O2/c1-6-22(23-17(4)12-16(3)13-18(23)5)32-26(35)21-14-29-25-20(15-30-34(25)7-2)24(21)31-19-8-10-33(11-9-19)27(28)36/h12-15,19,22H,6-11H2,1-5H3,(H2,28,36)(H,29,31)(H,32,35)/t22-/m1/s1. The number of primary amides is 1. The summed E-state index contributed by atoms with van der Waals surface area (Å²) in [6.07, 6.45) is 5.68. The minimum atomic E-state index is -0.392. The van der Waals surface area contributed by atoms with Crippen LogP contribution in [0, 0.1) is 20.8 Å². The number of fused-ring (bicyclic) bond motifs is 1. The van der Waals surface area contributed by atoms with E-state index >= 15 is 0 Å². The lowest BCUT2D eigenvalue weighted by Crippen LogP contribution is -2.45. The first-order valence-corrected chi connectivity index (χ1v) is 12.8. The van der Waals surface area contributed by atoms with Crippen molar-refractivity contribution in [3.8, 4) is 0 Å². The van der Waals surface area contributed by atoms with E-state index in [4.69, 9.17) is 5.73 Å². The molecule has 0 bridgehead atoms. The van der Waals surface area contributed by atoms with Gasteiger partial charge in [0.1, 0.15) is 0 Å². The number of hydrogen-bond donors (Lipinski definition) is 3. The molecular weight excluding hydrogens is 454 g/mol. The molecule has 1 aliphatic heterocycles. The van der Waals surface area contributed by atoms with Crippen LogP contribution in [-0.2, 0) is 6.54 Å². The Morgan fingerprint density at radius 1 is 1.11 bits per heavy atom. The van der Waals surface area contributed by atoms with Gasteiger partial charge in [-0.1, -0.05) is 24.6 Å². The molecule has 0 unspecified atom stereocenters. The van der Waals surface area contributed by atoms with E-state index in [1.54, 1.807) is 17.3 Å². The second kappa shape index (κ2) is 10.6. The van der Waals surface area contributed by atoms with Crippen LogP contribution >= 0.6 is 0 Å². The summed E-state index contributed by atoms with van der Waals surface area (Å²) in [5, 5.41) is 12.2. The first kappa shape index (κ1) is 25.5. The van der Waals surface area contributed by atoms with Gasteiger partial charge in [0.15, 0.2) is 5.65 Å². The number of anilines is 1. The lowest BCUT2D eigenvalue weighted by molar-refractivity contribution is 0.0936. The summed E-state index contributed by atoms with van der Waals surface area (Å²) < 4.78 is 1.83. The number of carbonyl (C=O) groups excluding carboxylic acids is 2. The summed E-state index contributed by atoms with van der Waals surface area (Å²) in [6, 6.07) is 3.92. The topological polar surface area (TPSA) is 118 Å². The average Bonchev–Trinajstić information content (AvgIpc) is 3.27. The third-order valence-corrected chi connectivity index (χ3v) is 7.17. The number of piperidine rings is 1. The molecule has 0 radical (unpaired) electrons. The number of rotatable bonds is 7. The van der Waals surface area contributed by atoms with E-state index in [1.165, 1.54) is 16.7 Å². The molecule has 192 valence electrons. The zero-order chi connectivity index (χ0) is 26.0. The molecule has 1 atom stereocenters. The number of carbonyl (C=O) groups is 2. The highest BCUT2D eigenvalue weighted by Gasteiger charge is 2.26. The number of nitrogens with two attached hydrogens (primary N) is 1. The number of nitrogens with zero attached hydrogens (tertiary/aromatic N) is 4. The lowest BCUT2D eigenvalue weighted by atomic mass is 9.92. The number of benzene rings is 1. The third-order valence-electron chi connectivity index (χ3n) is 7.17. The Labute approximate surface area is 212 Å². The van der Waals surface area contributed by atoms with Gasteiger partial charge in [0, 0.05) is 31.9 Å². The molecule has 4 rings (SSSR count). The fourth-order valence-electron chi connectivity index (χ4n) is 5.39. The Kier molecular flexibility index (Phi) is 7.47. The molecule has 9 nitrogen and oxygen atoms in total. The largest absolute Gasteiger partial charge is 0.381 e. The lowest BCUT2D eigenvalue weighted by Gasteiger charge is -2.32. The fraction of sp³-hybridized carbons (Fsp3) is 0.481. The smallest absolute Gasteiger partial charge is 0.314 e. The van der Waals surface area contributed by atoms with Crippen molar-refractivity contribution in [1.82, 2.24) is 25.0 Å². The minimum absolute atomic E-state index is 0.103. The number of amides is 3. The van der Waals surface area contributed by atoms with Gasteiger partial charge in [0.2, 0.25) is 0 Å².